The van der Waals surface area contributed by atoms with E-state index in [9.17, 15) is 9.90 Å². The number of nitrogens with zero attached hydrogens (tertiary/aromatic N) is 1. The highest BCUT2D eigenvalue weighted by Crippen LogP contribution is 2.42. The van der Waals surface area contributed by atoms with Crippen molar-refractivity contribution in [3.63, 3.8) is 0 Å². The number of carbonyl (C=O) groups excluding carboxylic acids is 1. The second kappa shape index (κ2) is 14.0. The molecule has 0 bridgehead atoms. The largest absolute Gasteiger partial charge is 0.506 e. The Balaban J connectivity index is 1.61. The van der Waals surface area contributed by atoms with Gasteiger partial charge in [0.25, 0.3) is 0 Å². The summed E-state index contributed by atoms with van der Waals surface area (Å²) in [6.07, 6.45) is 7.49. The number of benzene rings is 3. The van der Waals surface area contributed by atoms with E-state index in [1.54, 1.807) is 0 Å². The van der Waals surface area contributed by atoms with Gasteiger partial charge in [-0.25, -0.2) is 0 Å². The molecule has 40 heavy (non-hydrogen) atoms. The molecule has 0 atom stereocenters. The third-order valence-electron chi connectivity index (χ3n) is 7.18. The monoisotopic (exact) mass is 763 g/mol. The zero-order valence-corrected chi connectivity index (χ0v) is 27.3. The number of rotatable bonds is 12. The van der Waals surface area contributed by atoms with Gasteiger partial charge < -0.3 is 21.5 Å². The molecule has 4 rings (SSSR count). The van der Waals surface area contributed by atoms with Crippen LogP contribution in [0.1, 0.15) is 50.7 Å². The van der Waals surface area contributed by atoms with Crippen molar-refractivity contribution < 1.29 is 14.5 Å². The predicted molar refractivity (Wildman–Crippen MR) is 182 cm³/mol. The van der Waals surface area contributed by atoms with Crippen LogP contribution in [0.2, 0.25) is 0 Å². The lowest BCUT2D eigenvalue weighted by Gasteiger charge is -2.17. The van der Waals surface area contributed by atoms with Crippen molar-refractivity contribution in [2.45, 2.75) is 44.9 Å². The van der Waals surface area contributed by atoms with Gasteiger partial charge in [0.05, 0.1) is 8.99 Å². The number of nitrogens with one attached hydrogen (secondary N) is 2. The molecule has 1 aliphatic rings. The van der Waals surface area contributed by atoms with Crippen LogP contribution in [0, 0.1) is 7.14 Å². The number of phenolic OH excluding ortho intramolecular Hbond substituents is 1. The minimum atomic E-state index is -0.243. The number of halogens is 2. The third-order valence-corrected chi connectivity index (χ3v) is 8.63. The summed E-state index contributed by atoms with van der Waals surface area (Å²) in [7, 11) is 0. The maximum Gasteiger partial charge on any atom is 0.220 e. The van der Waals surface area contributed by atoms with Crippen molar-refractivity contribution in [1.29, 1.82) is 0 Å². The second-order valence-electron chi connectivity index (χ2n) is 10.5. The number of hydrogen-bond acceptors (Lipinski definition) is 4. The molecule has 0 saturated heterocycles. The summed E-state index contributed by atoms with van der Waals surface area (Å²) in [6, 6.07) is 20.8. The van der Waals surface area contributed by atoms with Crippen molar-refractivity contribution >= 4 is 79.9 Å². The summed E-state index contributed by atoms with van der Waals surface area (Å²) < 4.78 is 4.33. The molecule has 210 valence electrons. The highest BCUT2D eigenvalue weighted by molar-refractivity contribution is 14.1. The third kappa shape index (κ3) is 7.44. The number of phenols is 1. The molecule has 0 spiro atoms. The fraction of sp³-hybridized carbons (Fsp3) is 0.312. The SMILES string of the molecule is CC1(C)C(/C=C/c2cc(I)cc(I)c2O)=[N+](CCCCCC(=O)NCCN)c2ccc(Nc3ccccc3)cc21. The van der Waals surface area contributed by atoms with E-state index in [-0.39, 0.29) is 11.3 Å². The number of unbranched alkanes of at least 4 members (excludes halogenated alkanes) is 2. The molecule has 1 heterocycles. The van der Waals surface area contributed by atoms with Gasteiger partial charge in [-0.05, 0) is 114 Å². The normalized spacial score (nSPS) is 14.0. The first-order valence-corrected chi connectivity index (χ1v) is 15.8. The van der Waals surface area contributed by atoms with Gasteiger partial charge >= 0.3 is 0 Å². The first kappa shape index (κ1) is 30.5. The molecule has 3 aromatic rings. The number of carbonyl (C=O) groups is 1. The van der Waals surface area contributed by atoms with Crippen LogP contribution in [-0.2, 0) is 10.2 Å². The van der Waals surface area contributed by atoms with E-state index in [2.05, 4.69) is 111 Å². The Bertz CT molecular complexity index is 1420. The lowest BCUT2D eigenvalue weighted by atomic mass is 9.81. The molecule has 8 heteroatoms. The molecule has 0 unspecified atom stereocenters. The number of fused-ring (bicyclic) bond motifs is 1. The summed E-state index contributed by atoms with van der Waals surface area (Å²) in [6.45, 7) is 6.36. The van der Waals surface area contributed by atoms with Gasteiger partial charge in [-0.2, -0.15) is 4.58 Å². The van der Waals surface area contributed by atoms with Crippen LogP contribution in [0.25, 0.3) is 6.08 Å². The highest BCUT2D eigenvalue weighted by atomic mass is 127. The Morgan fingerprint density at radius 2 is 1.77 bits per heavy atom. The van der Waals surface area contributed by atoms with Crippen molar-refractivity contribution in [1.82, 2.24) is 5.32 Å². The van der Waals surface area contributed by atoms with Gasteiger partial charge in [0.1, 0.15) is 12.3 Å². The van der Waals surface area contributed by atoms with Gasteiger partial charge in [0, 0.05) is 64.1 Å². The van der Waals surface area contributed by atoms with E-state index in [1.807, 2.05) is 36.4 Å². The summed E-state index contributed by atoms with van der Waals surface area (Å²) >= 11 is 4.47. The number of para-hydroxylation sites is 1. The number of anilines is 2. The Hall–Kier alpha value is -2.44. The first-order valence-electron chi connectivity index (χ1n) is 13.6. The average Bonchev–Trinajstić information content (AvgIpc) is 3.14. The van der Waals surface area contributed by atoms with Crippen LogP contribution in [0.4, 0.5) is 17.1 Å². The number of hydrogen-bond donors (Lipinski definition) is 4. The van der Waals surface area contributed by atoms with Gasteiger partial charge in [-0.15, -0.1) is 0 Å². The van der Waals surface area contributed by atoms with E-state index >= 15 is 0 Å². The van der Waals surface area contributed by atoms with Crippen molar-refractivity contribution in [3.8, 4) is 5.75 Å². The zero-order valence-electron chi connectivity index (χ0n) is 23.0. The minimum absolute atomic E-state index is 0.0682. The maximum atomic E-state index is 12.0. The Kier molecular flexibility index (Phi) is 10.6. The smallest absolute Gasteiger partial charge is 0.220 e. The summed E-state index contributed by atoms with van der Waals surface area (Å²) in [5, 5.41) is 17.1. The number of allylic oxidation sites excluding steroid dienone is 1. The fourth-order valence-corrected chi connectivity index (χ4v) is 6.99. The van der Waals surface area contributed by atoms with Crippen LogP contribution >= 0.6 is 45.2 Å². The molecule has 0 saturated carbocycles. The predicted octanol–water partition coefficient (Wildman–Crippen LogP) is 7.07. The Morgan fingerprint density at radius 3 is 2.52 bits per heavy atom. The molecule has 0 radical (unpaired) electrons. The minimum Gasteiger partial charge on any atom is -0.506 e. The van der Waals surface area contributed by atoms with Crippen molar-refractivity contribution in [2.24, 2.45) is 5.73 Å². The molecule has 0 aromatic heterocycles. The number of aromatic hydroxyl groups is 1. The standard InChI is InChI=1S/C32H36I2N4O2/c1-32(2)26-21-25(37-24-9-5-3-6-10-24)13-14-28(26)38(18-8-4-7-11-30(39)36-17-16-35)29(32)15-12-22-19-23(33)20-27(34)31(22)40/h3,5-6,9-10,12-15,19-21,37H,4,7-8,11,16-18,35H2,1-2H3,(H,36,39)/p+1. The lowest BCUT2D eigenvalue weighted by Crippen LogP contribution is -2.28. The molecule has 0 fully saturated rings. The summed E-state index contributed by atoms with van der Waals surface area (Å²) in [5.74, 6) is 0.374. The fourth-order valence-electron chi connectivity index (χ4n) is 5.10. The number of amides is 1. The van der Waals surface area contributed by atoms with Crippen LogP contribution in [0.15, 0.2) is 66.7 Å². The highest BCUT2D eigenvalue weighted by Gasteiger charge is 2.44. The van der Waals surface area contributed by atoms with E-state index in [0.29, 0.717) is 25.3 Å². The van der Waals surface area contributed by atoms with E-state index in [4.69, 9.17) is 5.73 Å². The maximum absolute atomic E-state index is 12.0. The van der Waals surface area contributed by atoms with Gasteiger partial charge in [0.2, 0.25) is 11.6 Å². The van der Waals surface area contributed by atoms with Crippen LogP contribution < -0.4 is 16.4 Å². The van der Waals surface area contributed by atoms with Crippen LogP contribution in [-0.4, -0.2) is 40.9 Å². The van der Waals surface area contributed by atoms with Gasteiger partial charge in [0.15, 0.2) is 5.71 Å². The molecular weight excluding hydrogens is 726 g/mol. The summed E-state index contributed by atoms with van der Waals surface area (Å²) in [4.78, 5) is 12.0. The number of nitrogens with two attached hydrogens (primary N) is 1. The summed E-state index contributed by atoms with van der Waals surface area (Å²) in [5.41, 5.74) is 11.8. The molecule has 0 aliphatic carbocycles. The first-order chi connectivity index (χ1) is 19.2. The molecule has 1 amide bonds. The lowest BCUT2D eigenvalue weighted by molar-refractivity contribution is -0.438. The van der Waals surface area contributed by atoms with E-state index in [1.165, 1.54) is 17.0 Å². The Morgan fingerprint density at radius 1 is 1.00 bits per heavy atom. The Labute approximate surface area is 264 Å². The van der Waals surface area contributed by atoms with E-state index in [0.717, 1.165) is 49.9 Å². The van der Waals surface area contributed by atoms with Crippen molar-refractivity contribution in [2.75, 3.05) is 25.0 Å². The average molecular weight is 763 g/mol. The van der Waals surface area contributed by atoms with Crippen LogP contribution in [0.3, 0.4) is 0 Å². The molecule has 6 nitrogen and oxygen atoms in total. The quantitative estimate of drug-likeness (QED) is 0.0904. The zero-order chi connectivity index (χ0) is 28.7. The van der Waals surface area contributed by atoms with Gasteiger partial charge in [-0.1, -0.05) is 18.2 Å². The molecule has 3 aromatic carbocycles. The topological polar surface area (TPSA) is 90.4 Å². The van der Waals surface area contributed by atoms with Crippen LogP contribution in [0.5, 0.6) is 5.75 Å². The van der Waals surface area contributed by atoms with Gasteiger partial charge in [-0.3, -0.25) is 4.79 Å². The van der Waals surface area contributed by atoms with E-state index < -0.39 is 0 Å². The molecule has 1 aliphatic heterocycles. The molecular formula is C32H37I2N4O2+. The second-order valence-corrected chi connectivity index (χ2v) is 12.9. The molecule has 5 N–H and O–H groups in total. The van der Waals surface area contributed by atoms with Crippen molar-refractivity contribution in [3.05, 3.63) is 85.0 Å².